The molecule has 3 heteroatoms. The second kappa shape index (κ2) is 5.64. The molecule has 0 aliphatic carbocycles. The van der Waals surface area contributed by atoms with Gasteiger partial charge in [0.05, 0.1) is 11.6 Å². The summed E-state index contributed by atoms with van der Waals surface area (Å²) in [6.07, 6.45) is 1.11. The fraction of sp³-hybridized carbons (Fsp3) is 0.364. The lowest BCUT2D eigenvalue weighted by Gasteiger charge is -2.05. The number of hydrogen-bond donors (Lipinski definition) is 1. The molecular weight excluding hydrogens is 196 g/mol. The predicted molar refractivity (Wildman–Crippen MR) is 58.2 cm³/mol. The van der Waals surface area contributed by atoms with Crippen LogP contribution in [0.15, 0.2) is 18.2 Å². The summed E-state index contributed by atoms with van der Waals surface area (Å²) >= 11 is 6.00. The van der Waals surface area contributed by atoms with Crippen molar-refractivity contribution in [3.63, 3.8) is 0 Å². The molecule has 74 valence electrons. The van der Waals surface area contributed by atoms with Crippen molar-refractivity contribution in [2.75, 3.05) is 6.54 Å². The maximum absolute atomic E-state index is 8.64. The van der Waals surface area contributed by atoms with Crippen LogP contribution in [0.25, 0.3) is 0 Å². The molecule has 0 aliphatic rings. The summed E-state index contributed by atoms with van der Waals surface area (Å²) in [4.78, 5) is 0. The number of halogens is 1. The maximum atomic E-state index is 8.64. The van der Waals surface area contributed by atoms with Gasteiger partial charge in [-0.2, -0.15) is 5.26 Å². The first-order chi connectivity index (χ1) is 6.77. The molecule has 1 aromatic carbocycles. The average molecular weight is 209 g/mol. The van der Waals surface area contributed by atoms with Gasteiger partial charge in [0.25, 0.3) is 0 Å². The SMILES string of the molecule is CCCNCc1ccc(C#N)cc1Cl. The smallest absolute Gasteiger partial charge is 0.0992 e. The molecule has 1 N–H and O–H groups in total. The highest BCUT2D eigenvalue weighted by molar-refractivity contribution is 6.31. The van der Waals surface area contributed by atoms with Crippen LogP contribution < -0.4 is 5.32 Å². The van der Waals surface area contributed by atoms with E-state index in [1.165, 1.54) is 0 Å². The van der Waals surface area contributed by atoms with Crippen molar-refractivity contribution in [2.45, 2.75) is 19.9 Å². The van der Waals surface area contributed by atoms with Crippen LogP contribution in [0.1, 0.15) is 24.5 Å². The van der Waals surface area contributed by atoms with E-state index in [9.17, 15) is 0 Å². The summed E-state index contributed by atoms with van der Waals surface area (Å²) in [6.45, 7) is 3.86. The van der Waals surface area contributed by atoms with Crippen LogP contribution in [0, 0.1) is 11.3 Å². The molecule has 1 rings (SSSR count). The molecular formula is C11H13ClN2. The van der Waals surface area contributed by atoms with E-state index >= 15 is 0 Å². The Hall–Kier alpha value is -1.04. The molecule has 0 aromatic heterocycles. The summed E-state index contributed by atoms with van der Waals surface area (Å²) in [7, 11) is 0. The van der Waals surface area contributed by atoms with Crippen LogP contribution in [0.4, 0.5) is 0 Å². The largest absolute Gasteiger partial charge is 0.313 e. The Morgan fingerprint density at radius 2 is 2.29 bits per heavy atom. The Kier molecular flexibility index (Phi) is 4.45. The van der Waals surface area contributed by atoms with E-state index in [0.717, 1.165) is 25.1 Å². The van der Waals surface area contributed by atoms with Crippen LogP contribution in [0.5, 0.6) is 0 Å². The van der Waals surface area contributed by atoms with Crippen LogP contribution in [-0.2, 0) is 6.54 Å². The minimum Gasteiger partial charge on any atom is -0.313 e. The highest BCUT2D eigenvalue weighted by atomic mass is 35.5. The molecule has 14 heavy (non-hydrogen) atoms. The van der Waals surface area contributed by atoms with Gasteiger partial charge in [0.2, 0.25) is 0 Å². The van der Waals surface area contributed by atoms with Crippen LogP contribution >= 0.6 is 11.6 Å². The molecule has 0 fully saturated rings. The van der Waals surface area contributed by atoms with Gasteiger partial charge < -0.3 is 5.32 Å². The molecule has 1 aromatic rings. The van der Waals surface area contributed by atoms with Gasteiger partial charge in [-0.3, -0.25) is 0 Å². The Bertz CT molecular complexity index is 342. The number of nitrogens with one attached hydrogen (secondary N) is 1. The fourth-order valence-electron chi connectivity index (χ4n) is 1.16. The molecule has 0 spiro atoms. The monoisotopic (exact) mass is 208 g/mol. The van der Waals surface area contributed by atoms with E-state index in [-0.39, 0.29) is 0 Å². The van der Waals surface area contributed by atoms with Crippen molar-refractivity contribution in [2.24, 2.45) is 0 Å². The standard InChI is InChI=1S/C11H13ClN2/c1-2-5-14-8-10-4-3-9(7-13)6-11(10)12/h3-4,6,14H,2,5,8H2,1H3. The Morgan fingerprint density at radius 3 is 2.86 bits per heavy atom. The molecule has 0 atom stereocenters. The summed E-state index contributed by atoms with van der Waals surface area (Å²) < 4.78 is 0. The molecule has 0 aliphatic heterocycles. The van der Waals surface area contributed by atoms with Crippen molar-refractivity contribution in [1.82, 2.24) is 5.32 Å². The van der Waals surface area contributed by atoms with Gasteiger partial charge >= 0.3 is 0 Å². The zero-order valence-corrected chi connectivity index (χ0v) is 8.93. The van der Waals surface area contributed by atoms with Gasteiger partial charge in [-0.05, 0) is 30.7 Å². The first kappa shape index (κ1) is 11.0. The Balaban J connectivity index is 2.65. The van der Waals surface area contributed by atoms with E-state index in [1.807, 2.05) is 6.07 Å². The first-order valence-electron chi connectivity index (χ1n) is 4.67. The van der Waals surface area contributed by atoms with Gasteiger partial charge in [-0.25, -0.2) is 0 Å². The molecule has 0 heterocycles. The van der Waals surface area contributed by atoms with E-state index in [2.05, 4.69) is 18.3 Å². The molecule has 0 bridgehead atoms. The minimum atomic E-state index is 0.606. The molecule has 0 radical (unpaired) electrons. The second-order valence-electron chi connectivity index (χ2n) is 3.09. The highest BCUT2D eigenvalue weighted by Gasteiger charge is 2.00. The van der Waals surface area contributed by atoms with Gasteiger partial charge in [0.15, 0.2) is 0 Å². The second-order valence-corrected chi connectivity index (χ2v) is 3.50. The van der Waals surface area contributed by atoms with Crippen molar-refractivity contribution in [3.8, 4) is 6.07 Å². The number of hydrogen-bond acceptors (Lipinski definition) is 2. The lowest BCUT2D eigenvalue weighted by Crippen LogP contribution is -2.13. The third-order valence-electron chi connectivity index (χ3n) is 1.92. The van der Waals surface area contributed by atoms with Crippen molar-refractivity contribution in [1.29, 1.82) is 5.26 Å². The van der Waals surface area contributed by atoms with Crippen LogP contribution in [-0.4, -0.2) is 6.54 Å². The maximum Gasteiger partial charge on any atom is 0.0992 e. The number of nitriles is 1. The van der Waals surface area contributed by atoms with Crippen molar-refractivity contribution < 1.29 is 0 Å². The molecule has 0 saturated carbocycles. The van der Waals surface area contributed by atoms with Crippen LogP contribution in [0.2, 0.25) is 5.02 Å². The zero-order chi connectivity index (χ0) is 10.4. The molecule has 0 unspecified atom stereocenters. The van der Waals surface area contributed by atoms with E-state index in [4.69, 9.17) is 16.9 Å². The van der Waals surface area contributed by atoms with Crippen LogP contribution in [0.3, 0.4) is 0 Å². The average Bonchev–Trinajstić information content (AvgIpc) is 2.20. The molecule has 0 saturated heterocycles. The lowest BCUT2D eigenvalue weighted by molar-refractivity contribution is 0.675. The topological polar surface area (TPSA) is 35.8 Å². The van der Waals surface area contributed by atoms with E-state index in [1.54, 1.807) is 12.1 Å². The minimum absolute atomic E-state index is 0.606. The number of nitrogens with zero attached hydrogens (tertiary/aromatic N) is 1. The summed E-state index contributed by atoms with van der Waals surface area (Å²) in [6, 6.07) is 7.44. The third kappa shape index (κ3) is 3.02. The first-order valence-corrected chi connectivity index (χ1v) is 5.05. The lowest BCUT2D eigenvalue weighted by atomic mass is 10.1. The fourth-order valence-corrected chi connectivity index (χ4v) is 1.41. The number of benzene rings is 1. The van der Waals surface area contributed by atoms with Gasteiger partial charge in [0, 0.05) is 11.6 Å². The Labute approximate surface area is 89.5 Å². The third-order valence-corrected chi connectivity index (χ3v) is 2.28. The number of rotatable bonds is 4. The highest BCUT2D eigenvalue weighted by Crippen LogP contribution is 2.17. The zero-order valence-electron chi connectivity index (χ0n) is 8.18. The molecule has 0 amide bonds. The van der Waals surface area contributed by atoms with Gasteiger partial charge in [-0.15, -0.1) is 0 Å². The predicted octanol–water partition coefficient (Wildman–Crippen LogP) is 2.71. The molecule has 2 nitrogen and oxygen atoms in total. The van der Waals surface area contributed by atoms with E-state index < -0.39 is 0 Å². The summed E-state index contributed by atoms with van der Waals surface area (Å²) in [5.41, 5.74) is 1.65. The summed E-state index contributed by atoms with van der Waals surface area (Å²) in [5.74, 6) is 0. The summed E-state index contributed by atoms with van der Waals surface area (Å²) in [5, 5.41) is 12.6. The van der Waals surface area contributed by atoms with Gasteiger partial charge in [0.1, 0.15) is 0 Å². The van der Waals surface area contributed by atoms with E-state index in [0.29, 0.717) is 10.6 Å². The normalized spacial score (nSPS) is 9.79. The van der Waals surface area contributed by atoms with Crippen molar-refractivity contribution >= 4 is 11.6 Å². The van der Waals surface area contributed by atoms with Gasteiger partial charge in [-0.1, -0.05) is 24.6 Å². The van der Waals surface area contributed by atoms with Crippen molar-refractivity contribution in [3.05, 3.63) is 34.3 Å². The quantitative estimate of drug-likeness (QED) is 0.773. The Morgan fingerprint density at radius 1 is 1.50 bits per heavy atom.